The first-order valence-corrected chi connectivity index (χ1v) is 3.45. The fraction of sp³-hybridized carbons (Fsp3) is 0. The zero-order valence-corrected chi connectivity index (χ0v) is 6.84. The van der Waals surface area contributed by atoms with E-state index in [0.717, 1.165) is 0 Å². The molecule has 4 heteroatoms. The molecule has 0 bridgehead atoms. The van der Waals surface area contributed by atoms with Gasteiger partial charge in [-0.3, -0.25) is 4.98 Å². The first-order valence-electron chi connectivity index (χ1n) is 3.08. The van der Waals surface area contributed by atoms with Crippen LogP contribution in [0.3, 0.4) is 0 Å². The van der Waals surface area contributed by atoms with Crippen molar-refractivity contribution in [2.45, 2.75) is 0 Å². The van der Waals surface area contributed by atoms with Crippen molar-refractivity contribution in [3.63, 3.8) is 0 Å². The van der Waals surface area contributed by atoms with E-state index in [2.05, 4.69) is 16.3 Å². The van der Waals surface area contributed by atoms with Crippen molar-refractivity contribution in [1.29, 1.82) is 0 Å². The number of aromatic nitrogens is 1. The fourth-order valence-corrected chi connectivity index (χ4v) is 0.847. The largest absolute Gasteiger partial charge is 0.423 e. The van der Waals surface area contributed by atoms with Crippen LogP contribution in [0, 0.1) is 0 Å². The Labute approximate surface area is 74.6 Å². The maximum absolute atomic E-state index is 9.81. The zero-order valence-electron chi connectivity index (χ0n) is 6.08. The second-order valence-corrected chi connectivity index (χ2v) is 2.44. The van der Waals surface area contributed by atoms with E-state index in [1.165, 1.54) is 18.9 Å². The van der Waals surface area contributed by atoms with Gasteiger partial charge in [-0.15, -0.1) is 0 Å². The Morgan fingerprint density at radius 2 is 2.42 bits per heavy atom. The van der Waals surface area contributed by atoms with Gasteiger partial charge in [0.2, 0.25) is 0 Å². The summed E-state index contributed by atoms with van der Waals surface area (Å²) in [6.07, 6.45) is 2.97. The van der Waals surface area contributed by atoms with E-state index in [0.29, 0.717) is 10.6 Å². The fourth-order valence-electron chi connectivity index (χ4n) is 0.674. The predicted molar refractivity (Wildman–Crippen MR) is 45.1 cm³/mol. The highest BCUT2D eigenvalue weighted by atomic mass is 35.5. The van der Waals surface area contributed by atoms with Gasteiger partial charge in [-0.2, -0.15) is 0 Å². The maximum atomic E-state index is 9.81. The van der Waals surface area contributed by atoms with Crippen LogP contribution in [0.25, 0.3) is 5.76 Å². The van der Waals surface area contributed by atoms with Gasteiger partial charge in [-0.25, -0.2) is 4.79 Å². The topological polar surface area (TPSA) is 39.2 Å². The molecule has 0 fully saturated rings. The molecule has 61 valence electrons. The SMILES string of the molecule is C=C(O[C]=O)c1cncc(Cl)c1. The summed E-state index contributed by atoms with van der Waals surface area (Å²) >= 11 is 5.63. The monoisotopic (exact) mass is 182 g/mol. The number of hydrogen-bond acceptors (Lipinski definition) is 3. The molecule has 0 aliphatic rings. The summed E-state index contributed by atoms with van der Waals surface area (Å²) in [6, 6.07) is 1.59. The first-order chi connectivity index (χ1) is 5.74. The van der Waals surface area contributed by atoms with Crippen LogP contribution in [0.2, 0.25) is 5.02 Å². The summed E-state index contributed by atoms with van der Waals surface area (Å²) in [5, 5.41) is 0.461. The maximum Gasteiger partial charge on any atom is 0.423 e. The lowest BCUT2D eigenvalue weighted by atomic mass is 10.2. The number of ether oxygens (including phenoxy) is 1. The van der Waals surface area contributed by atoms with Gasteiger partial charge >= 0.3 is 6.47 Å². The van der Waals surface area contributed by atoms with Crippen LogP contribution in [0.4, 0.5) is 0 Å². The number of pyridine rings is 1. The van der Waals surface area contributed by atoms with Gasteiger partial charge in [0.15, 0.2) is 0 Å². The van der Waals surface area contributed by atoms with Crippen molar-refractivity contribution in [3.8, 4) is 0 Å². The molecule has 0 atom stereocenters. The van der Waals surface area contributed by atoms with E-state index in [-0.39, 0.29) is 5.76 Å². The third kappa shape index (κ3) is 2.07. The highest BCUT2D eigenvalue weighted by molar-refractivity contribution is 6.30. The number of carbonyl (C=O) groups excluding carboxylic acids is 1. The summed E-state index contributed by atoms with van der Waals surface area (Å²) < 4.78 is 4.38. The smallest absolute Gasteiger partial charge is 0.418 e. The summed E-state index contributed by atoms with van der Waals surface area (Å²) in [5.74, 6) is 0.181. The van der Waals surface area contributed by atoms with Crippen molar-refractivity contribution in [2.75, 3.05) is 0 Å². The molecule has 0 saturated carbocycles. The van der Waals surface area contributed by atoms with Gasteiger partial charge in [0, 0.05) is 18.0 Å². The quantitative estimate of drug-likeness (QED) is 0.669. The molecule has 0 unspecified atom stereocenters. The van der Waals surface area contributed by atoms with Crippen LogP contribution < -0.4 is 0 Å². The molecule has 0 spiro atoms. The Bertz CT molecular complexity index is 312. The van der Waals surface area contributed by atoms with E-state index in [1.54, 1.807) is 6.07 Å². The first kappa shape index (κ1) is 8.74. The van der Waals surface area contributed by atoms with Gasteiger partial charge in [0.05, 0.1) is 5.02 Å². The summed E-state index contributed by atoms with van der Waals surface area (Å²) in [6.45, 7) is 4.74. The molecule has 1 aromatic rings. The lowest BCUT2D eigenvalue weighted by molar-refractivity contribution is 0.419. The number of nitrogens with zero attached hydrogens (tertiary/aromatic N) is 1. The van der Waals surface area contributed by atoms with Crippen LogP contribution in [0.1, 0.15) is 5.56 Å². The summed E-state index contributed by atoms with van der Waals surface area (Å²) in [5.41, 5.74) is 0.561. The lowest BCUT2D eigenvalue weighted by Gasteiger charge is -2.00. The molecule has 0 aliphatic carbocycles. The molecule has 0 amide bonds. The van der Waals surface area contributed by atoms with E-state index in [4.69, 9.17) is 11.6 Å². The third-order valence-corrected chi connectivity index (χ3v) is 1.40. The highest BCUT2D eigenvalue weighted by Gasteiger charge is 2.00. The molecule has 0 saturated heterocycles. The van der Waals surface area contributed by atoms with E-state index < -0.39 is 0 Å². The Balaban J connectivity index is 2.87. The Kier molecular flexibility index (Phi) is 2.82. The molecule has 1 heterocycles. The highest BCUT2D eigenvalue weighted by Crippen LogP contribution is 2.15. The van der Waals surface area contributed by atoms with Gasteiger partial charge in [-0.05, 0) is 6.07 Å². The van der Waals surface area contributed by atoms with Gasteiger partial charge in [-0.1, -0.05) is 18.2 Å². The van der Waals surface area contributed by atoms with E-state index in [1.807, 2.05) is 0 Å². The minimum absolute atomic E-state index is 0.181. The van der Waals surface area contributed by atoms with Crippen molar-refractivity contribution < 1.29 is 9.53 Å². The Hall–Kier alpha value is -1.35. The molecule has 0 aromatic carbocycles. The van der Waals surface area contributed by atoms with Crippen LogP contribution in [0.15, 0.2) is 25.0 Å². The molecule has 1 radical (unpaired) electrons. The Morgan fingerprint density at radius 1 is 1.67 bits per heavy atom. The second-order valence-electron chi connectivity index (χ2n) is 2.00. The van der Waals surface area contributed by atoms with Gasteiger partial charge in [0.25, 0.3) is 0 Å². The average molecular weight is 183 g/mol. The number of halogens is 1. The van der Waals surface area contributed by atoms with Crippen molar-refractivity contribution >= 4 is 23.8 Å². The third-order valence-electron chi connectivity index (χ3n) is 1.19. The average Bonchev–Trinajstić information content (AvgIpc) is 2.05. The van der Waals surface area contributed by atoms with Crippen LogP contribution in [-0.2, 0) is 9.53 Å². The van der Waals surface area contributed by atoms with Gasteiger partial charge < -0.3 is 4.74 Å². The van der Waals surface area contributed by atoms with Crippen LogP contribution >= 0.6 is 11.6 Å². The Morgan fingerprint density at radius 3 is 3.00 bits per heavy atom. The number of rotatable bonds is 3. The van der Waals surface area contributed by atoms with Crippen LogP contribution in [0.5, 0.6) is 0 Å². The standard InChI is InChI=1S/C8H5ClNO2/c1-6(12-5-11)7-2-8(9)4-10-3-7/h2-4H,1H2. The van der Waals surface area contributed by atoms with E-state index >= 15 is 0 Å². The predicted octanol–water partition coefficient (Wildman–Crippen LogP) is 1.79. The summed E-state index contributed by atoms with van der Waals surface area (Å²) in [4.78, 5) is 13.6. The number of hydrogen-bond donors (Lipinski definition) is 0. The lowest BCUT2D eigenvalue weighted by Crippen LogP contribution is -1.88. The van der Waals surface area contributed by atoms with Crippen molar-refractivity contribution in [1.82, 2.24) is 4.98 Å². The van der Waals surface area contributed by atoms with Crippen LogP contribution in [-0.4, -0.2) is 11.5 Å². The molecule has 1 aromatic heterocycles. The molecule has 0 N–H and O–H groups in total. The minimum atomic E-state index is 0.181. The molecule has 3 nitrogen and oxygen atoms in total. The van der Waals surface area contributed by atoms with E-state index in [9.17, 15) is 4.79 Å². The molecule has 0 aliphatic heterocycles. The van der Waals surface area contributed by atoms with Crippen molar-refractivity contribution in [3.05, 3.63) is 35.6 Å². The normalized spacial score (nSPS) is 9.08. The molecular weight excluding hydrogens is 178 g/mol. The zero-order chi connectivity index (χ0) is 8.97. The molecule has 12 heavy (non-hydrogen) atoms. The minimum Gasteiger partial charge on any atom is -0.418 e. The van der Waals surface area contributed by atoms with Crippen molar-refractivity contribution in [2.24, 2.45) is 0 Å². The molecular formula is C8H5ClNO2. The summed E-state index contributed by atoms with van der Waals surface area (Å²) in [7, 11) is 0. The molecule has 1 rings (SSSR count). The second kappa shape index (κ2) is 3.88. The van der Waals surface area contributed by atoms with Gasteiger partial charge in [0.1, 0.15) is 5.76 Å².